The molecule has 2 rings (SSSR count). The van der Waals surface area contributed by atoms with Crippen molar-refractivity contribution < 1.29 is 14.7 Å². The van der Waals surface area contributed by atoms with Gasteiger partial charge in [0, 0.05) is 12.2 Å². The maximum Gasteiger partial charge on any atom is 0.327 e. The third kappa shape index (κ3) is 3.38. The number of thioether (sulfide) groups is 1. The first-order valence-corrected chi connectivity index (χ1v) is 7.64. The van der Waals surface area contributed by atoms with Gasteiger partial charge in [-0.25, -0.2) is 4.79 Å². The number of nitrogens with zero attached hydrogens (tertiary/aromatic N) is 1. The molecule has 0 aromatic rings. The van der Waals surface area contributed by atoms with E-state index in [1.165, 1.54) is 16.7 Å². The second-order valence-corrected chi connectivity index (χ2v) is 5.95. The van der Waals surface area contributed by atoms with Gasteiger partial charge in [0.15, 0.2) is 0 Å². The average molecular weight is 272 g/mol. The number of carbonyl (C=O) groups excluding carboxylic acids is 1. The average Bonchev–Trinajstić information content (AvgIpc) is 2.86. The molecule has 6 heteroatoms. The van der Waals surface area contributed by atoms with Gasteiger partial charge in [0.1, 0.15) is 6.04 Å². The van der Waals surface area contributed by atoms with Crippen molar-refractivity contribution in [1.82, 2.24) is 10.2 Å². The van der Waals surface area contributed by atoms with E-state index in [1.807, 2.05) is 0 Å². The zero-order valence-corrected chi connectivity index (χ0v) is 11.2. The van der Waals surface area contributed by atoms with Crippen LogP contribution in [0.25, 0.3) is 0 Å². The van der Waals surface area contributed by atoms with Gasteiger partial charge in [-0.15, -0.1) is 11.8 Å². The molecule has 0 bridgehead atoms. The number of hydrogen-bond donors (Lipinski definition) is 2. The summed E-state index contributed by atoms with van der Waals surface area (Å²) in [6.45, 7) is 2.08. The topological polar surface area (TPSA) is 69.6 Å². The van der Waals surface area contributed by atoms with Crippen LogP contribution in [0.1, 0.15) is 25.7 Å². The lowest BCUT2D eigenvalue weighted by Gasteiger charge is -2.24. The van der Waals surface area contributed by atoms with E-state index in [0.29, 0.717) is 24.0 Å². The number of aliphatic carboxylic acids is 1. The Morgan fingerprint density at radius 1 is 1.33 bits per heavy atom. The predicted octanol–water partition coefficient (Wildman–Crippen LogP) is 0.752. The fraction of sp³-hybridized carbons (Fsp3) is 0.833. The Hall–Kier alpha value is -0.750. The Morgan fingerprint density at radius 2 is 2.06 bits per heavy atom. The van der Waals surface area contributed by atoms with Gasteiger partial charge in [0.05, 0.1) is 5.88 Å². The first kappa shape index (κ1) is 13.7. The maximum atomic E-state index is 12.0. The summed E-state index contributed by atoms with van der Waals surface area (Å²) >= 11 is 1.52. The van der Waals surface area contributed by atoms with Crippen LogP contribution >= 0.6 is 11.8 Å². The Bertz CT molecular complexity index is 318. The Kier molecular flexibility index (Phi) is 4.88. The van der Waals surface area contributed by atoms with E-state index in [9.17, 15) is 9.59 Å². The van der Waals surface area contributed by atoms with Crippen LogP contribution in [-0.4, -0.2) is 52.6 Å². The van der Waals surface area contributed by atoms with Crippen molar-refractivity contribution in [3.63, 3.8) is 0 Å². The van der Waals surface area contributed by atoms with Gasteiger partial charge in [-0.05, 0) is 38.3 Å². The number of hydrogen-bond acceptors (Lipinski definition) is 4. The number of amides is 1. The number of carboxylic acid groups (broad SMARTS) is 1. The second kappa shape index (κ2) is 6.43. The number of piperidine rings is 1. The fourth-order valence-electron chi connectivity index (χ4n) is 2.53. The van der Waals surface area contributed by atoms with Gasteiger partial charge < -0.3 is 15.3 Å². The highest BCUT2D eigenvalue weighted by atomic mass is 32.2. The molecule has 2 aliphatic rings. The standard InChI is InChI=1S/C12H20N2O3S/c15-11(2-1-9-3-5-13-6-4-9)14-8-18-7-10(14)12(16)17/h9-10,13H,1-8H2,(H,16,17). The lowest BCUT2D eigenvalue weighted by Crippen LogP contribution is -2.42. The Labute approximate surface area is 111 Å². The molecule has 18 heavy (non-hydrogen) atoms. The number of rotatable bonds is 4. The molecule has 5 nitrogen and oxygen atoms in total. The highest BCUT2D eigenvalue weighted by Crippen LogP contribution is 2.24. The molecule has 2 fully saturated rings. The van der Waals surface area contributed by atoms with Gasteiger partial charge in [-0.3, -0.25) is 4.79 Å². The SMILES string of the molecule is O=C(O)C1CSCN1C(=O)CCC1CCNCC1. The number of carbonyl (C=O) groups is 2. The predicted molar refractivity (Wildman–Crippen MR) is 70.4 cm³/mol. The minimum absolute atomic E-state index is 0.00549. The summed E-state index contributed by atoms with van der Waals surface area (Å²) in [5.74, 6) is 0.797. The summed E-state index contributed by atoms with van der Waals surface area (Å²) < 4.78 is 0. The zero-order valence-electron chi connectivity index (χ0n) is 10.4. The van der Waals surface area contributed by atoms with E-state index < -0.39 is 12.0 Å². The Morgan fingerprint density at radius 3 is 2.72 bits per heavy atom. The Balaban J connectivity index is 1.78. The van der Waals surface area contributed by atoms with E-state index >= 15 is 0 Å². The lowest BCUT2D eigenvalue weighted by atomic mass is 9.93. The van der Waals surface area contributed by atoms with Crippen LogP contribution in [-0.2, 0) is 9.59 Å². The molecular weight excluding hydrogens is 252 g/mol. The molecule has 0 aliphatic carbocycles. The summed E-state index contributed by atoms with van der Waals surface area (Å²) in [4.78, 5) is 24.6. The van der Waals surface area contributed by atoms with Crippen LogP contribution in [0.5, 0.6) is 0 Å². The van der Waals surface area contributed by atoms with E-state index in [1.54, 1.807) is 0 Å². The van der Waals surface area contributed by atoms with Crippen LogP contribution in [0.15, 0.2) is 0 Å². The van der Waals surface area contributed by atoms with Crippen LogP contribution in [0.4, 0.5) is 0 Å². The molecule has 1 atom stereocenters. The van der Waals surface area contributed by atoms with E-state index in [0.717, 1.165) is 32.4 Å². The first-order chi connectivity index (χ1) is 8.68. The largest absolute Gasteiger partial charge is 0.480 e. The summed E-state index contributed by atoms with van der Waals surface area (Å²) in [6.07, 6.45) is 3.65. The molecule has 0 aromatic heterocycles. The molecular formula is C12H20N2O3S. The van der Waals surface area contributed by atoms with Crippen molar-refractivity contribution in [3.05, 3.63) is 0 Å². The molecule has 2 N–H and O–H groups in total. The molecule has 1 amide bonds. The minimum atomic E-state index is -0.879. The third-order valence-corrected chi connectivity index (χ3v) is 4.73. The van der Waals surface area contributed by atoms with Crippen molar-refractivity contribution in [2.45, 2.75) is 31.7 Å². The van der Waals surface area contributed by atoms with E-state index in [2.05, 4.69) is 5.32 Å². The second-order valence-electron chi connectivity index (χ2n) is 4.95. The smallest absolute Gasteiger partial charge is 0.327 e. The monoisotopic (exact) mass is 272 g/mol. The molecule has 102 valence electrons. The maximum absolute atomic E-state index is 12.0. The molecule has 1 unspecified atom stereocenters. The van der Waals surface area contributed by atoms with Crippen LogP contribution in [0.3, 0.4) is 0 Å². The van der Waals surface area contributed by atoms with E-state index in [-0.39, 0.29) is 5.91 Å². The van der Waals surface area contributed by atoms with Gasteiger partial charge in [0.2, 0.25) is 5.91 Å². The zero-order chi connectivity index (χ0) is 13.0. The summed E-state index contributed by atoms with van der Waals surface area (Å²) in [5, 5.41) is 12.3. The van der Waals surface area contributed by atoms with Crippen molar-refractivity contribution in [2.75, 3.05) is 24.7 Å². The van der Waals surface area contributed by atoms with Crippen LogP contribution in [0.2, 0.25) is 0 Å². The third-order valence-electron chi connectivity index (χ3n) is 3.71. The van der Waals surface area contributed by atoms with Gasteiger partial charge in [-0.1, -0.05) is 0 Å². The number of nitrogens with one attached hydrogen (secondary N) is 1. The summed E-state index contributed by atoms with van der Waals surface area (Å²) in [7, 11) is 0. The number of carboxylic acids is 1. The van der Waals surface area contributed by atoms with Gasteiger partial charge >= 0.3 is 5.97 Å². The molecule has 0 aromatic carbocycles. The lowest BCUT2D eigenvalue weighted by molar-refractivity contribution is -0.147. The van der Waals surface area contributed by atoms with Crippen LogP contribution in [0, 0.1) is 5.92 Å². The van der Waals surface area contributed by atoms with Crippen molar-refractivity contribution in [2.24, 2.45) is 5.92 Å². The summed E-state index contributed by atoms with van der Waals surface area (Å²) in [6, 6.07) is -0.615. The quantitative estimate of drug-likeness (QED) is 0.790. The van der Waals surface area contributed by atoms with Crippen molar-refractivity contribution in [3.8, 4) is 0 Å². The normalized spacial score (nSPS) is 25.3. The molecule has 0 spiro atoms. The highest BCUT2D eigenvalue weighted by molar-refractivity contribution is 7.99. The first-order valence-electron chi connectivity index (χ1n) is 6.49. The molecule has 0 radical (unpaired) electrons. The summed E-state index contributed by atoms with van der Waals surface area (Å²) in [5.41, 5.74) is 0. The van der Waals surface area contributed by atoms with E-state index in [4.69, 9.17) is 5.11 Å². The highest BCUT2D eigenvalue weighted by Gasteiger charge is 2.34. The van der Waals surface area contributed by atoms with Crippen LogP contribution < -0.4 is 5.32 Å². The fourth-order valence-corrected chi connectivity index (χ4v) is 3.71. The molecule has 0 saturated carbocycles. The van der Waals surface area contributed by atoms with Crippen molar-refractivity contribution in [1.29, 1.82) is 0 Å². The van der Waals surface area contributed by atoms with Gasteiger partial charge in [-0.2, -0.15) is 0 Å². The van der Waals surface area contributed by atoms with Gasteiger partial charge in [0.25, 0.3) is 0 Å². The molecule has 2 aliphatic heterocycles. The minimum Gasteiger partial charge on any atom is -0.480 e. The molecule has 2 heterocycles. The van der Waals surface area contributed by atoms with Crippen molar-refractivity contribution >= 4 is 23.6 Å². The molecule has 2 saturated heterocycles.